The Morgan fingerprint density at radius 1 is 1.37 bits per heavy atom. The van der Waals surface area contributed by atoms with Crippen molar-refractivity contribution in [1.29, 1.82) is 0 Å². The molecule has 0 bridgehead atoms. The van der Waals surface area contributed by atoms with Crippen molar-refractivity contribution in [3.8, 4) is 5.75 Å². The van der Waals surface area contributed by atoms with Gasteiger partial charge >= 0.3 is 11.9 Å². The van der Waals surface area contributed by atoms with Crippen LogP contribution in [0.4, 0.5) is 0 Å². The summed E-state index contributed by atoms with van der Waals surface area (Å²) in [6.07, 6.45) is 1.33. The lowest BCUT2D eigenvalue weighted by Gasteiger charge is -2.16. The number of aliphatic carboxylic acids is 1. The smallest absolute Gasteiger partial charge is 0.330 e. The monoisotopic (exact) mass is 416 g/mol. The number of nitrogens with one attached hydrogen (secondary N) is 3. The largest absolute Gasteiger partial charge is 0.480 e. The molecule has 0 saturated heterocycles. The van der Waals surface area contributed by atoms with Gasteiger partial charge in [-0.05, 0) is 18.6 Å². The number of nitrogens with two attached hydrogens (primary N) is 1. The Balaban J connectivity index is 2.45. The molecule has 12 heteroatoms. The van der Waals surface area contributed by atoms with Crippen LogP contribution in [0.15, 0.2) is 18.3 Å². The predicted octanol–water partition coefficient (Wildman–Crippen LogP) is -0.628. The Morgan fingerprint density at radius 2 is 2.07 bits per heavy atom. The first-order chi connectivity index (χ1) is 12.7. The molecule has 0 aliphatic rings. The van der Waals surface area contributed by atoms with Gasteiger partial charge in [0.15, 0.2) is 5.75 Å². The Labute approximate surface area is 165 Å². The number of pyridine rings is 1. The van der Waals surface area contributed by atoms with Gasteiger partial charge in [-0.15, -0.1) is 0 Å². The van der Waals surface area contributed by atoms with Gasteiger partial charge in [0.05, 0.1) is 0 Å². The average molecular weight is 416 g/mol. The summed E-state index contributed by atoms with van der Waals surface area (Å²) < 4.78 is 5.25. The molecule has 6 N–H and O–H groups in total. The number of carboxylic acid groups (broad SMARTS) is 1. The summed E-state index contributed by atoms with van der Waals surface area (Å²) in [5.74, 6) is -3.04. The number of thiol groups is 1. The molecule has 2 atom stereocenters. The lowest BCUT2D eigenvalue weighted by atomic mass is 10.1. The van der Waals surface area contributed by atoms with E-state index >= 15 is 0 Å². The number of hydrogen-bond donors (Lipinski definition) is 6. The van der Waals surface area contributed by atoms with E-state index < -0.39 is 42.4 Å². The maximum Gasteiger partial charge on any atom is 0.330 e. The highest BCUT2D eigenvalue weighted by Gasteiger charge is 2.21. The van der Waals surface area contributed by atoms with Gasteiger partial charge < -0.3 is 31.2 Å². The molecule has 27 heavy (non-hydrogen) atoms. The number of carbonyl (C=O) groups is 4. The van der Waals surface area contributed by atoms with Crippen LogP contribution in [0.3, 0.4) is 0 Å². The van der Waals surface area contributed by atoms with Gasteiger partial charge in [0.2, 0.25) is 11.8 Å². The van der Waals surface area contributed by atoms with Crippen molar-refractivity contribution in [2.45, 2.75) is 24.9 Å². The van der Waals surface area contributed by atoms with Crippen LogP contribution in [-0.2, 0) is 19.2 Å². The Morgan fingerprint density at radius 3 is 2.67 bits per heavy atom. The number of amides is 2. The van der Waals surface area contributed by atoms with Crippen LogP contribution in [0.2, 0.25) is 0 Å². The number of aromatic amines is 1. The highest BCUT2D eigenvalue weighted by Crippen LogP contribution is 2.09. The number of carboxylic acids is 1. The number of hydrogen-bond acceptors (Lipinski definition) is 8. The molecule has 0 aliphatic carbocycles. The van der Waals surface area contributed by atoms with Crippen molar-refractivity contribution in [1.82, 2.24) is 15.6 Å². The molecule has 0 saturated carbocycles. The number of esters is 1. The first-order valence-corrected chi connectivity index (χ1v) is 8.83. The second kappa shape index (κ2) is 11.3. The number of ether oxygens (including phenoxy) is 1. The van der Waals surface area contributed by atoms with Crippen LogP contribution < -0.4 is 21.1 Å². The van der Waals surface area contributed by atoms with E-state index in [1.165, 1.54) is 6.07 Å². The van der Waals surface area contributed by atoms with E-state index in [0.29, 0.717) is 0 Å². The third kappa shape index (κ3) is 8.19. The molecule has 0 aliphatic heterocycles. The van der Waals surface area contributed by atoms with Gasteiger partial charge in [0, 0.05) is 18.4 Å². The fourth-order valence-corrected chi connectivity index (χ4v) is 2.23. The van der Waals surface area contributed by atoms with Gasteiger partial charge in [-0.25, -0.2) is 4.79 Å². The third-order valence-electron chi connectivity index (χ3n) is 3.25. The Kier molecular flexibility index (Phi) is 9.47. The zero-order valence-electron chi connectivity index (χ0n) is 14.1. The molecular weight excluding hydrogens is 396 g/mol. The zero-order chi connectivity index (χ0) is 20.4. The fraction of sp³-hybridized carbons (Fsp3) is 0.400. The summed E-state index contributed by atoms with van der Waals surface area (Å²) in [6, 6.07) is 0.921. The maximum absolute atomic E-state index is 12.1. The summed E-state index contributed by atoms with van der Waals surface area (Å²) in [5.41, 5.74) is 5.31. The molecule has 2 unspecified atom stereocenters. The second-order valence-electron chi connectivity index (χ2n) is 5.34. The lowest BCUT2D eigenvalue weighted by Crippen LogP contribution is -2.49. The summed E-state index contributed by atoms with van der Waals surface area (Å²) in [6.45, 7) is -0.438. The van der Waals surface area contributed by atoms with Crippen molar-refractivity contribution in [3.05, 3.63) is 23.0 Å². The van der Waals surface area contributed by atoms with E-state index in [2.05, 4.69) is 28.2 Å². The average Bonchev–Trinajstić information content (AvgIpc) is 2.63. The minimum Gasteiger partial charge on any atom is -0.480 e. The number of rotatable bonds is 10. The molecule has 0 aromatic carbocycles. The molecule has 0 radical (unpaired) electrons. The molecule has 2 amide bonds. The van der Waals surface area contributed by atoms with Crippen LogP contribution in [0, 0.1) is 4.64 Å². The molecule has 0 spiro atoms. The minimum atomic E-state index is -1.22. The quantitative estimate of drug-likeness (QED) is 0.167. The van der Waals surface area contributed by atoms with Gasteiger partial charge in [-0.2, -0.15) is 12.6 Å². The van der Waals surface area contributed by atoms with Gasteiger partial charge in [-0.3, -0.25) is 14.4 Å². The fourth-order valence-electron chi connectivity index (χ4n) is 1.80. The number of aromatic nitrogens is 1. The molecule has 10 nitrogen and oxygen atoms in total. The predicted molar refractivity (Wildman–Crippen MR) is 101 cm³/mol. The molecule has 148 valence electrons. The Hall–Kier alpha value is -2.44. The zero-order valence-corrected chi connectivity index (χ0v) is 15.8. The Bertz CT molecular complexity index is 754. The van der Waals surface area contributed by atoms with Crippen molar-refractivity contribution < 1.29 is 29.0 Å². The highest BCUT2D eigenvalue weighted by molar-refractivity contribution is 7.80. The maximum atomic E-state index is 12.1. The van der Waals surface area contributed by atoms with Crippen molar-refractivity contribution in [2.75, 3.05) is 12.3 Å². The molecule has 1 heterocycles. The first kappa shape index (κ1) is 22.6. The van der Waals surface area contributed by atoms with E-state index in [9.17, 15) is 19.2 Å². The van der Waals surface area contributed by atoms with Crippen LogP contribution in [0.1, 0.15) is 12.8 Å². The minimum absolute atomic E-state index is 0.0262. The summed E-state index contributed by atoms with van der Waals surface area (Å²) in [4.78, 5) is 48.9. The normalized spacial score (nSPS) is 12.5. The van der Waals surface area contributed by atoms with Gasteiger partial charge in [0.1, 0.15) is 23.3 Å². The standard InChI is InChI=1S/C15H20N4O6S2/c16-8(15(23)24)3-4-11(20)19-9(7-26)13(22)18-6-12(21)25-10-2-1-5-17-14(10)27/h1-2,5,8-9,26H,3-4,6-7,16H2,(H,17,27)(H,18,22)(H,19,20)(H,23,24). The second-order valence-corrected chi connectivity index (χ2v) is 6.11. The molecule has 1 aromatic heterocycles. The molecule has 1 rings (SSSR count). The first-order valence-electron chi connectivity index (χ1n) is 7.79. The summed E-state index contributed by atoms with van der Waals surface area (Å²) in [5, 5.41) is 13.4. The van der Waals surface area contributed by atoms with Crippen molar-refractivity contribution >= 4 is 48.6 Å². The van der Waals surface area contributed by atoms with E-state index in [-0.39, 0.29) is 29.0 Å². The van der Waals surface area contributed by atoms with E-state index in [1.807, 2.05) is 0 Å². The van der Waals surface area contributed by atoms with Gasteiger partial charge in [0.25, 0.3) is 0 Å². The third-order valence-corrected chi connectivity index (χ3v) is 3.93. The topological polar surface area (TPSA) is 164 Å². The summed E-state index contributed by atoms with van der Waals surface area (Å²) in [7, 11) is 0. The SMILES string of the molecule is NC(CCC(=O)NC(CS)C(=O)NCC(=O)Oc1ccc[nH]c1=S)C(=O)O. The summed E-state index contributed by atoms with van der Waals surface area (Å²) >= 11 is 8.93. The number of carbonyl (C=O) groups excluding carboxylic acids is 3. The highest BCUT2D eigenvalue weighted by atomic mass is 32.1. The van der Waals surface area contributed by atoms with E-state index in [0.717, 1.165) is 0 Å². The molecule has 1 aromatic rings. The molecule has 0 fully saturated rings. The lowest BCUT2D eigenvalue weighted by molar-refractivity contribution is -0.139. The van der Waals surface area contributed by atoms with Crippen LogP contribution in [0.25, 0.3) is 0 Å². The van der Waals surface area contributed by atoms with Crippen molar-refractivity contribution in [3.63, 3.8) is 0 Å². The van der Waals surface area contributed by atoms with Crippen LogP contribution >= 0.6 is 24.8 Å². The van der Waals surface area contributed by atoms with Crippen molar-refractivity contribution in [2.24, 2.45) is 5.73 Å². The van der Waals surface area contributed by atoms with Crippen LogP contribution in [0.5, 0.6) is 5.75 Å². The molecular formula is C15H20N4O6S2. The van der Waals surface area contributed by atoms with E-state index in [4.69, 9.17) is 27.8 Å². The van der Waals surface area contributed by atoms with Gasteiger partial charge in [-0.1, -0.05) is 12.2 Å². The van der Waals surface area contributed by atoms with Crippen LogP contribution in [-0.4, -0.2) is 58.2 Å². The number of H-pyrrole nitrogens is 1. The van der Waals surface area contributed by atoms with E-state index in [1.54, 1.807) is 12.3 Å².